The molecule has 3 saturated heterocycles. The minimum atomic E-state index is -5.76. The summed E-state index contributed by atoms with van der Waals surface area (Å²) < 4.78 is 102. The molecule has 3 atom stereocenters. The van der Waals surface area contributed by atoms with Crippen LogP contribution in [-0.2, 0) is 21.0 Å². The van der Waals surface area contributed by atoms with Gasteiger partial charge in [-0.15, -0.1) is 0 Å². The van der Waals surface area contributed by atoms with E-state index < -0.39 is 75.1 Å². The molecule has 4 rings (SSSR count). The molecule has 0 spiro atoms. The Bertz CT molecular complexity index is 1140. The number of piperazine rings is 1. The normalized spacial score (nSPS) is 26.5. The molecule has 3 unspecified atom stereocenters. The summed E-state index contributed by atoms with van der Waals surface area (Å²) in [7, 11) is -5.76. The summed E-state index contributed by atoms with van der Waals surface area (Å²) >= 11 is 0. The average Bonchev–Trinajstić information content (AvgIpc) is 3.31. The molecule has 3 fully saturated rings. The van der Waals surface area contributed by atoms with E-state index in [0.717, 1.165) is 17.0 Å². The largest absolute Gasteiger partial charge is 0.511 e. The Morgan fingerprint density at radius 3 is 2.29 bits per heavy atom. The number of carbonyl (C=O) groups is 2. The molecule has 166 valence electrons. The van der Waals surface area contributed by atoms with Gasteiger partial charge in [-0.05, 0) is 24.6 Å². The fraction of sp³-hybridized carbons (Fsp3) is 0.438. The summed E-state index contributed by atoms with van der Waals surface area (Å²) in [4.78, 5) is 26.9. The number of anilines is 1. The molecule has 15 heteroatoms. The predicted octanol–water partition coefficient (Wildman–Crippen LogP) is 2.02. The quantitative estimate of drug-likeness (QED) is 0.488. The molecule has 2 bridgehead atoms. The molecule has 3 aliphatic heterocycles. The fourth-order valence-corrected chi connectivity index (χ4v) is 5.46. The number of rotatable bonds is 2. The van der Waals surface area contributed by atoms with Crippen LogP contribution in [0.2, 0.25) is 0 Å². The number of urea groups is 1. The molecule has 0 aliphatic carbocycles. The van der Waals surface area contributed by atoms with E-state index in [2.05, 4.69) is 0 Å². The summed E-state index contributed by atoms with van der Waals surface area (Å²) in [5.74, 6) is -1.14. The Balaban J connectivity index is 1.72. The van der Waals surface area contributed by atoms with Crippen LogP contribution in [0.5, 0.6) is 0 Å². The minimum Gasteiger partial charge on any atom is -0.306 e. The Morgan fingerprint density at radius 1 is 1.10 bits per heavy atom. The maximum absolute atomic E-state index is 13.2. The third-order valence-corrected chi connectivity index (χ3v) is 7.13. The van der Waals surface area contributed by atoms with E-state index in [1.807, 2.05) is 0 Å². The van der Waals surface area contributed by atoms with Crippen molar-refractivity contribution >= 4 is 27.6 Å². The van der Waals surface area contributed by atoms with E-state index >= 15 is 0 Å². The van der Waals surface area contributed by atoms with Gasteiger partial charge in [0, 0.05) is 12.6 Å². The summed E-state index contributed by atoms with van der Waals surface area (Å²) in [6, 6.07) is -1.72. The van der Waals surface area contributed by atoms with Gasteiger partial charge >= 0.3 is 27.7 Å². The van der Waals surface area contributed by atoms with Gasteiger partial charge in [0.05, 0.1) is 28.9 Å². The number of carbonyl (C=O) groups excluding carboxylic acids is 2. The van der Waals surface area contributed by atoms with Crippen molar-refractivity contribution in [2.75, 3.05) is 11.4 Å². The van der Waals surface area contributed by atoms with Gasteiger partial charge in [0.1, 0.15) is 6.04 Å². The summed E-state index contributed by atoms with van der Waals surface area (Å²) in [6.45, 7) is -0.683. The number of hydrogen-bond acceptors (Lipinski definition) is 5. The van der Waals surface area contributed by atoms with Gasteiger partial charge in [-0.1, -0.05) is 0 Å². The number of halogens is 6. The summed E-state index contributed by atoms with van der Waals surface area (Å²) in [6.07, 6.45) is -5.17. The summed E-state index contributed by atoms with van der Waals surface area (Å²) in [5.41, 5.74) is -8.29. The third kappa shape index (κ3) is 2.88. The Kier molecular flexibility index (Phi) is 4.36. The van der Waals surface area contributed by atoms with Crippen LogP contribution >= 0.6 is 0 Å². The zero-order valence-corrected chi connectivity index (χ0v) is 15.8. The zero-order chi connectivity index (χ0) is 23.1. The van der Waals surface area contributed by atoms with Gasteiger partial charge in [-0.25, -0.2) is 18.1 Å². The van der Waals surface area contributed by atoms with Crippen molar-refractivity contribution in [3.63, 3.8) is 0 Å². The van der Waals surface area contributed by atoms with Crippen molar-refractivity contribution in [2.45, 2.75) is 36.2 Å². The van der Waals surface area contributed by atoms with Crippen LogP contribution in [0.25, 0.3) is 0 Å². The molecule has 0 N–H and O–H groups in total. The minimum absolute atomic E-state index is 0.118. The van der Waals surface area contributed by atoms with Crippen LogP contribution in [-0.4, -0.2) is 59.7 Å². The Labute approximate surface area is 170 Å². The van der Waals surface area contributed by atoms with Gasteiger partial charge < -0.3 is 4.90 Å². The predicted molar refractivity (Wildman–Crippen MR) is 88.5 cm³/mol. The van der Waals surface area contributed by atoms with E-state index in [-0.39, 0.29) is 10.7 Å². The standard InChI is InChI=1S/C16H10F6N4O4S/c17-15(18,19)10-3-8(2-1-7(10)5-23)26-13(27)12-11-4-9(25(12)14(26)28)6-24(11)31(29,30)16(20,21)22/h1-3,9,11-12H,4,6H2. The first-order valence-corrected chi connectivity index (χ1v) is 10.00. The van der Waals surface area contributed by atoms with Crippen LogP contribution in [0.3, 0.4) is 0 Å². The SMILES string of the molecule is N#Cc1ccc(N2C(=O)C3C4CC(CN4S(=O)(=O)C(F)(F)F)N3C2=O)cc1C(F)(F)F. The number of nitriles is 1. The van der Waals surface area contributed by atoms with Gasteiger partial charge in [0.2, 0.25) is 0 Å². The highest BCUT2D eigenvalue weighted by molar-refractivity contribution is 7.90. The lowest BCUT2D eigenvalue weighted by Gasteiger charge is -2.34. The monoisotopic (exact) mass is 468 g/mol. The van der Waals surface area contributed by atoms with Crippen LogP contribution in [0.4, 0.5) is 36.8 Å². The molecule has 3 aliphatic rings. The zero-order valence-electron chi connectivity index (χ0n) is 15.0. The molecular formula is C16H10F6N4O4S. The molecule has 31 heavy (non-hydrogen) atoms. The smallest absolute Gasteiger partial charge is 0.306 e. The highest BCUT2D eigenvalue weighted by Crippen LogP contribution is 2.46. The molecule has 1 aromatic carbocycles. The maximum Gasteiger partial charge on any atom is 0.511 e. The molecule has 0 saturated carbocycles. The number of imide groups is 1. The van der Waals surface area contributed by atoms with E-state index in [0.29, 0.717) is 11.0 Å². The molecule has 0 radical (unpaired) electrons. The van der Waals surface area contributed by atoms with Crippen LogP contribution in [0.15, 0.2) is 18.2 Å². The second kappa shape index (κ2) is 6.33. The first kappa shape index (κ1) is 21.4. The van der Waals surface area contributed by atoms with Crippen LogP contribution in [0, 0.1) is 11.3 Å². The lowest BCUT2D eigenvalue weighted by molar-refractivity contribution is -0.137. The Hall–Kier alpha value is -2.86. The lowest BCUT2D eigenvalue weighted by atomic mass is 10.1. The number of amides is 3. The highest BCUT2D eigenvalue weighted by Gasteiger charge is 2.67. The first-order valence-electron chi connectivity index (χ1n) is 8.56. The molecule has 8 nitrogen and oxygen atoms in total. The van der Waals surface area contributed by atoms with Crippen LogP contribution in [0.1, 0.15) is 17.5 Å². The fourth-order valence-electron chi connectivity index (χ4n) is 4.27. The van der Waals surface area contributed by atoms with Crippen molar-refractivity contribution in [2.24, 2.45) is 0 Å². The van der Waals surface area contributed by atoms with Gasteiger partial charge in [-0.3, -0.25) is 4.79 Å². The second-order valence-electron chi connectivity index (χ2n) is 7.13. The van der Waals surface area contributed by atoms with Gasteiger partial charge in [0.15, 0.2) is 0 Å². The van der Waals surface area contributed by atoms with E-state index in [1.54, 1.807) is 0 Å². The number of benzene rings is 1. The number of alkyl halides is 6. The van der Waals surface area contributed by atoms with Crippen molar-refractivity contribution in [1.29, 1.82) is 5.26 Å². The lowest BCUT2D eigenvalue weighted by Crippen LogP contribution is -2.57. The number of nitrogens with zero attached hydrogens (tertiary/aromatic N) is 4. The van der Waals surface area contributed by atoms with E-state index in [9.17, 15) is 44.3 Å². The van der Waals surface area contributed by atoms with Gasteiger partial charge in [-0.2, -0.15) is 35.9 Å². The average molecular weight is 468 g/mol. The second-order valence-corrected chi connectivity index (χ2v) is 9.01. The third-order valence-electron chi connectivity index (χ3n) is 5.51. The topological polar surface area (TPSA) is 102 Å². The summed E-state index contributed by atoms with van der Waals surface area (Å²) in [5, 5.41) is 8.86. The maximum atomic E-state index is 13.2. The van der Waals surface area contributed by atoms with Crippen LogP contribution < -0.4 is 4.90 Å². The highest BCUT2D eigenvalue weighted by atomic mass is 32.2. The van der Waals surface area contributed by atoms with E-state index in [1.165, 1.54) is 6.07 Å². The van der Waals surface area contributed by atoms with Crippen molar-refractivity contribution < 1.29 is 44.3 Å². The van der Waals surface area contributed by atoms with Crippen molar-refractivity contribution in [3.05, 3.63) is 29.3 Å². The molecule has 1 aromatic rings. The van der Waals surface area contributed by atoms with Crippen molar-refractivity contribution in [1.82, 2.24) is 9.21 Å². The first-order chi connectivity index (χ1) is 14.2. The molecule has 3 heterocycles. The number of sulfonamides is 1. The molecular weight excluding hydrogens is 458 g/mol. The van der Waals surface area contributed by atoms with Crippen molar-refractivity contribution in [3.8, 4) is 6.07 Å². The number of fused-ring (bicyclic) bond motifs is 5. The molecule has 3 amide bonds. The van der Waals surface area contributed by atoms with Gasteiger partial charge in [0.25, 0.3) is 5.91 Å². The molecule has 0 aromatic heterocycles. The Morgan fingerprint density at radius 2 is 1.74 bits per heavy atom. The number of hydrogen-bond donors (Lipinski definition) is 0. The van der Waals surface area contributed by atoms with E-state index in [4.69, 9.17) is 5.26 Å².